The molecule has 0 heterocycles. The zero-order valence-electron chi connectivity index (χ0n) is 8.56. The molecule has 0 aliphatic carbocycles. The van der Waals surface area contributed by atoms with Gasteiger partial charge in [0.05, 0.1) is 6.42 Å². The van der Waals surface area contributed by atoms with Crippen LogP contribution in [0.1, 0.15) is 20.3 Å². The minimum Gasteiger partial charge on any atom is -0.550 e. The second-order valence-corrected chi connectivity index (χ2v) is 2.30. The normalized spacial score (nSPS) is 6.60. The molecule has 0 saturated heterocycles. The number of carbonyl (C=O) groups excluding carboxylic acids is 2. The molecule has 8 heteroatoms. The molecule has 0 aliphatic rings. The predicted molar refractivity (Wildman–Crippen MR) is 47.5 cm³/mol. The monoisotopic (exact) mass is 288 g/mol. The Bertz CT molecular complexity index is 164. The van der Waals surface area contributed by atoms with Gasteiger partial charge in [-0.2, -0.15) is 12.6 Å². The Morgan fingerprint density at radius 3 is 1.33 bits per heavy atom. The molecule has 0 atom stereocenters. The van der Waals surface area contributed by atoms with Crippen molar-refractivity contribution in [2.45, 2.75) is 20.3 Å². The van der Waals surface area contributed by atoms with Crippen LogP contribution in [0.15, 0.2) is 0 Å². The van der Waals surface area contributed by atoms with E-state index in [1.165, 1.54) is 0 Å². The van der Waals surface area contributed by atoms with Gasteiger partial charge in [0, 0.05) is 17.7 Å². The standard InChI is InChI=1S/C3H6O2S.2C2H4O2.Zn/c4-3(5)1-2-6;2*1-2(3)4;/h6H,1-2H2,(H,4,5);2*1H3,(H,3,4);/q;;;+2/p-2. The third-order valence-corrected chi connectivity index (χ3v) is 0.549. The summed E-state index contributed by atoms with van der Waals surface area (Å²) in [7, 11) is 0. The van der Waals surface area contributed by atoms with E-state index in [0.29, 0.717) is 5.75 Å². The summed E-state index contributed by atoms with van der Waals surface area (Å²) < 4.78 is 0. The van der Waals surface area contributed by atoms with Crippen molar-refractivity contribution < 1.29 is 49.2 Å². The SMILES string of the molecule is CC(=O)[O-].CC(=O)[O-].O=C(O)CCS.[Zn+2]. The van der Waals surface area contributed by atoms with Crippen molar-refractivity contribution in [3.05, 3.63) is 0 Å². The zero-order chi connectivity index (χ0) is 12.1. The maximum absolute atomic E-state index is 9.55. The van der Waals surface area contributed by atoms with Crippen LogP contribution in [0, 0.1) is 0 Å². The largest absolute Gasteiger partial charge is 2.00 e. The summed E-state index contributed by atoms with van der Waals surface area (Å²) in [4.78, 5) is 27.3. The maximum atomic E-state index is 9.55. The van der Waals surface area contributed by atoms with E-state index in [1.807, 2.05) is 0 Å². The molecule has 0 amide bonds. The number of carbonyl (C=O) groups is 3. The molecular weight excluding hydrogens is 278 g/mol. The molecule has 6 nitrogen and oxygen atoms in total. The first-order chi connectivity index (χ1) is 6.23. The van der Waals surface area contributed by atoms with Crippen LogP contribution in [-0.2, 0) is 33.9 Å². The van der Waals surface area contributed by atoms with E-state index < -0.39 is 17.9 Å². The first-order valence-electron chi connectivity index (χ1n) is 3.41. The number of carboxylic acid groups (broad SMARTS) is 3. The van der Waals surface area contributed by atoms with Crippen LogP contribution >= 0.6 is 12.6 Å². The average molecular weight is 290 g/mol. The molecule has 0 unspecified atom stereocenters. The molecule has 0 aliphatic heterocycles. The number of hydrogen-bond acceptors (Lipinski definition) is 6. The second-order valence-electron chi connectivity index (χ2n) is 1.85. The molecule has 0 rings (SSSR count). The Morgan fingerprint density at radius 1 is 1.13 bits per heavy atom. The van der Waals surface area contributed by atoms with E-state index >= 15 is 0 Å². The van der Waals surface area contributed by atoms with E-state index in [4.69, 9.17) is 24.9 Å². The van der Waals surface area contributed by atoms with Crippen molar-refractivity contribution in [3.63, 3.8) is 0 Å². The Morgan fingerprint density at radius 2 is 1.33 bits per heavy atom. The average Bonchev–Trinajstić information content (AvgIpc) is 1.82. The molecule has 0 saturated carbocycles. The van der Waals surface area contributed by atoms with E-state index in [0.717, 1.165) is 13.8 Å². The first kappa shape index (κ1) is 23.9. The summed E-state index contributed by atoms with van der Waals surface area (Å²) in [6, 6.07) is 0. The third-order valence-electron chi connectivity index (χ3n) is 0.326. The minimum absolute atomic E-state index is 0. The molecule has 0 fully saturated rings. The van der Waals surface area contributed by atoms with E-state index in [2.05, 4.69) is 12.6 Å². The maximum Gasteiger partial charge on any atom is 2.00 e. The van der Waals surface area contributed by atoms with Crippen molar-refractivity contribution in [3.8, 4) is 0 Å². The molecule has 0 aromatic heterocycles. The third kappa shape index (κ3) is 305. The van der Waals surface area contributed by atoms with Crippen molar-refractivity contribution in [2.24, 2.45) is 0 Å². The summed E-state index contributed by atoms with van der Waals surface area (Å²) in [5.41, 5.74) is 0. The van der Waals surface area contributed by atoms with Crippen LogP contribution in [0.25, 0.3) is 0 Å². The number of aliphatic carboxylic acids is 3. The molecule has 0 aromatic carbocycles. The van der Waals surface area contributed by atoms with Crippen LogP contribution in [0.3, 0.4) is 0 Å². The first-order valence-corrected chi connectivity index (χ1v) is 4.05. The van der Waals surface area contributed by atoms with Gasteiger partial charge in [0.15, 0.2) is 0 Å². The van der Waals surface area contributed by atoms with E-state index in [-0.39, 0.29) is 25.9 Å². The van der Waals surface area contributed by atoms with Crippen molar-refractivity contribution in [1.29, 1.82) is 0 Å². The van der Waals surface area contributed by atoms with Gasteiger partial charge in [-0.05, 0) is 13.8 Å². The zero-order valence-corrected chi connectivity index (χ0v) is 12.4. The van der Waals surface area contributed by atoms with Crippen LogP contribution < -0.4 is 10.2 Å². The fraction of sp³-hybridized carbons (Fsp3) is 0.571. The fourth-order valence-electron chi connectivity index (χ4n) is 0.0956. The molecule has 0 aromatic rings. The minimum atomic E-state index is -1.08. The number of thiol groups is 1. The summed E-state index contributed by atoms with van der Waals surface area (Å²) in [6.45, 7) is 1.94. The van der Waals surface area contributed by atoms with Crippen molar-refractivity contribution in [1.82, 2.24) is 0 Å². The number of rotatable bonds is 2. The summed E-state index contributed by atoms with van der Waals surface area (Å²) in [6.07, 6.45) is 0.156. The van der Waals surface area contributed by atoms with Crippen LogP contribution in [0.4, 0.5) is 0 Å². The van der Waals surface area contributed by atoms with Gasteiger partial charge in [-0.3, -0.25) is 4.79 Å². The van der Waals surface area contributed by atoms with Gasteiger partial charge in [0.2, 0.25) is 0 Å². The fourth-order valence-corrected chi connectivity index (χ4v) is 0.287. The molecule has 0 radical (unpaired) electrons. The molecular formula is C7H12O6SZn. The molecule has 15 heavy (non-hydrogen) atoms. The Labute approximate surface area is 106 Å². The predicted octanol–water partition coefficient (Wildman–Crippen LogP) is -2.10. The number of hydrogen-bond donors (Lipinski definition) is 2. The van der Waals surface area contributed by atoms with Crippen molar-refractivity contribution >= 4 is 30.5 Å². The second kappa shape index (κ2) is 19.0. The Balaban J connectivity index is -0.0000000606. The molecule has 0 bridgehead atoms. The van der Waals surface area contributed by atoms with E-state index in [9.17, 15) is 4.79 Å². The quantitative estimate of drug-likeness (QED) is 0.444. The molecule has 1 N–H and O–H groups in total. The summed E-state index contributed by atoms with van der Waals surface area (Å²) >= 11 is 3.68. The summed E-state index contributed by atoms with van der Waals surface area (Å²) in [5, 5.41) is 25.6. The number of carboxylic acids is 3. The van der Waals surface area contributed by atoms with Gasteiger partial charge in [0.1, 0.15) is 0 Å². The van der Waals surface area contributed by atoms with Gasteiger partial charge in [-0.1, -0.05) is 0 Å². The molecule has 84 valence electrons. The van der Waals surface area contributed by atoms with Crippen molar-refractivity contribution in [2.75, 3.05) is 5.75 Å². The van der Waals surface area contributed by atoms with Gasteiger partial charge in [-0.25, -0.2) is 0 Å². The molecule has 0 spiro atoms. The smallest absolute Gasteiger partial charge is 0.550 e. The van der Waals surface area contributed by atoms with Crippen LogP contribution in [0.5, 0.6) is 0 Å². The van der Waals surface area contributed by atoms with E-state index in [1.54, 1.807) is 0 Å². The van der Waals surface area contributed by atoms with Gasteiger partial charge >= 0.3 is 25.4 Å². The Hall–Kier alpha value is -0.617. The Kier molecular flexibility index (Phi) is 30.3. The topological polar surface area (TPSA) is 118 Å². The van der Waals surface area contributed by atoms with Gasteiger partial charge in [-0.15, -0.1) is 0 Å². The summed E-state index contributed by atoms with van der Waals surface area (Å²) in [5.74, 6) is -2.53. The van der Waals surface area contributed by atoms with Gasteiger partial charge < -0.3 is 24.9 Å². The van der Waals surface area contributed by atoms with Crippen LogP contribution in [0.2, 0.25) is 0 Å². The van der Waals surface area contributed by atoms with Crippen LogP contribution in [-0.4, -0.2) is 28.8 Å². The van der Waals surface area contributed by atoms with Gasteiger partial charge in [0.25, 0.3) is 0 Å².